The molecule has 0 aromatic heterocycles. The van der Waals surface area contributed by atoms with Crippen molar-refractivity contribution >= 4 is 21.8 Å². The zero-order chi connectivity index (χ0) is 14.6. The van der Waals surface area contributed by atoms with Crippen LogP contribution in [0.1, 0.15) is 13.3 Å². The Balaban J connectivity index is 2.03. The Bertz CT molecular complexity index is 614. The van der Waals surface area contributed by atoms with Crippen molar-refractivity contribution in [3.05, 3.63) is 36.1 Å². The second-order valence-corrected chi connectivity index (χ2v) is 6.08. The molecule has 0 atom stereocenters. The van der Waals surface area contributed by atoms with Crippen LogP contribution in [0.3, 0.4) is 0 Å². The summed E-state index contributed by atoms with van der Waals surface area (Å²) >= 11 is 0. The molecule has 0 spiro atoms. The first kappa shape index (κ1) is 14.5. The molecule has 0 amide bonds. The lowest BCUT2D eigenvalue weighted by Crippen LogP contribution is -2.37. The second kappa shape index (κ2) is 6.04. The first-order valence-electron chi connectivity index (χ1n) is 6.33. The van der Waals surface area contributed by atoms with Crippen LogP contribution < -0.4 is 0 Å². The smallest absolute Gasteiger partial charge is 0.339 e. The quantitative estimate of drug-likeness (QED) is 0.571. The highest BCUT2D eigenvalue weighted by atomic mass is 32.2. The van der Waals surface area contributed by atoms with Gasteiger partial charge in [0.1, 0.15) is 12.4 Å². The molecule has 0 unspecified atom stereocenters. The summed E-state index contributed by atoms with van der Waals surface area (Å²) in [4.78, 5) is 13.4. The molecular weight excluding hydrogens is 280 g/mol. The van der Waals surface area contributed by atoms with Crippen molar-refractivity contribution in [2.24, 2.45) is 4.40 Å². The van der Waals surface area contributed by atoms with Crippen LogP contribution in [0.15, 0.2) is 40.5 Å². The van der Waals surface area contributed by atoms with Crippen LogP contribution in [0.4, 0.5) is 0 Å². The van der Waals surface area contributed by atoms with Crippen molar-refractivity contribution in [3.8, 4) is 0 Å². The molecule has 2 heterocycles. The summed E-state index contributed by atoms with van der Waals surface area (Å²) in [5.41, 5.74) is 0.383. The molecular formula is C13H16N2O4S. The van der Waals surface area contributed by atoms with Crippen LogP contribution in [-0.2, 0) is 19.6 Å². The number of allylic oxidation sites excluding steroid dienone is 1. The molecule has 20 heavy (non-hydrogen) atoms. The van der Waals surface area contributed by atoms with Gasteiger partial charge in [0.2, 0.25) is 0 Å². The number of carbonyl (C=O) groups is 1. The number of carbonyl (C=O) groups excluding carboxylic acids is 1. The SMILES string of the molecule is CC/C=C\COC(=O)C1=CN2CCS(=O)(=O)N=C2C=C1. The number of rotatable bonds is 4. The summed E-state index contributed by atoms with van der Waals surface area (Å²) < 4.78 is 31.4. The predicted molar refractivity (Wildman–Crippen MR) is 75.5 cm³/mol. The van der Waals surface area contributed by atoms with Gasteiger partial charge in [-0.15, -0.1) is 4.40 Å². The van der Waals surface area contributed by atoms with Crippen LogP contribution in [0, 0.1) is 0 Å². The Kier molecular flexibility index (Phi) is 4.39. The summed E-state index contributed by atoms with van der Waals surface area (Å²) in [7, 11) is -3.37. The molecule has 2 rings (SSSR count). The van der Waals surface area contributed by atoms with Crippen LogP contribution in [0.5, 0.6) is 0 Å². The zero-order valence-corrected chi connectivity index (χ0v) is 12.0. The van der Waals surface area contributed by atoms with Gasteiger partial charge in [-0.25, -0.2) is 13.2 Å². The minimum absolute atomic E-state index is 0.0532. The monoisotopic (exact) mass is 296 g/mol. The second-order valence-electron chi connectivity index (χ2n) is 4.32. The van der Waals surface area contributed by atoms with E-state index in [1.165, 1.54) is 12.2 Å². The van der Waals surface area contributed by atoms with Gasteiger partial charge in [-0.2, -0.15) is 0 Å². The first-order valence-corrected chi connectivity index (χ1v) is 7.94. The average molecular weight is 296 g/mol. The van der Waals surface area contributed by atoms with Crippen LogP contribution in [0.25, 0.3) is 0 Å². The van der Waals surface area contributed by atoms with Crippen molar-refractivity contribution in [2.75, 3.05) is 18.9 Å². The molecule has 6 nitrogen and oxygen atoms in total. The summed E-state index contributed by atoms with van der Waals surface area (Å²) in [6.07, 6.45) is 9.18. The highest BCUT2D eigenvalue weighted by Crippen LogP contribution is 2.16. The number of esters is 1. The Morgan fingerprint density at radius 1 is 1.45 bits per heavy atom. The Hall–Kier alpha value is -1.89. The van der Waals surface area contributed by atoms with Gasteiger partial charge in [0.15, 0.2) is 0 Å². The molecule has 0 N–H and O–H groups in total. The topological polar surface area (TPSA) is 76.0 Å². The Labute approximate surface area is 118 Å². The maximum Gasteiger partial charge on any atom is 0.339 e. The molecule has 0 aliphatic carbocycles. The molecule has 7 heteroatoms. The zero-order valence-electron chi connectivity index (χ0n) is 11.2. The lowest BCUT2D eigenvalue weighted by molar-refractivity contribution is -0.137. The fourth-order valence-corrected chi connectivity index (χ4v) is 2.73. The number of nitrogens with zero attached hydrogens (tertiary/aromatic N) is 2. The molecule has 0 radical (unpaired) electrons. The molecule has 0 aromatic rings. The van der Waals surface area contributed by atoms with E-state index in [0.29, 0.717) is 11.4 Å². The number of hydrogen-bond donors (Lipinski definition) is 0. The third-order valence-corrected chi connectivity index (χ3v) is 3.94. The highest BCUT2D eigenvalue weighted by molar-refractivity contribution is 7.90. The van der Waals surface area contributed by atoms with Gasteiger partial charge in [-0.05, 0) is 18.6 Å². The van der Waals surface area contributed by atoms with Gasteiger partial charge in [-0.1, -0.05) is 19.1 Å². The van der Waals surface area contributed by atoms with Crippen molar-refractivity contribution < 1.29 is 17.9 Å². The molecule has 0 aromatic carbocycles. The first-order chi connectivity index (χ1) is 9.52. The van der Waals surface area contributed by atoms with Crippen molar-refractivity contribution in [3.63, 3.8) is 0 Å². The van der Waals surface area contributed by atoms with Gasteiger partial charge < -0.3 is 9.64 Å². The van der Waals surface area contributed by atoms with Crippen molar-refractivity contribution in [1.82, 2.24) is 4.90 Å². The van der Waals surface area contributed by atoms with E-state index in [9.17, 15) is 13.2 Å². The minimum atomic E-state index is -3.37. The van der Waals surface area contributed by atoms with E-state index in [0.717, 1.165) is 6.42 Å². The molecule has 0 saturated carbocycles. The number of hydrogen-bond acceptors (Lipinski definition) is 5. The lowest BCUT2D eigenvalue weighted by atomic mass is 10.2. The van der Waals surface area contributed by atoms with Gasteiger partial charge in [0.05, 0.1) is 11.3 Å². The highest BCUT2D eigenvalue weighted by Gasteiger charge is 2.25. The number of amidine groups is 1. The fraction of sp³-hybridized carbons (Fsp3) is 0.385. The summed E-state index contributed by atoms with van der Waals surface area (Å²) in [6, 6.07) is 0. The maximum atomic E-state index is 11.8. The van der Waals surface area contributed by atoms with E-state index in [1.54, 1.807) is 17.2 Å². The van der Waals surface area contributed by atoms with Crippen molar-refractivity contribution in [2.45, 2.75) is 13.3 Å². The van der Waals surface area contributed by atoms with E-state index < -0.39 is 16.0 Å². The van der Waals surface area contributed by atoms with E-state index in [1.807, 2.05) is 13.0 Å². The normalized spacial score (nSPS) is 20.4. The molecule has 108 valence electrons. The average Bonchev–Trinajstić information content (AvgIpc) is 2.42. The third-order valence-electron chi connectivity index (χ3n) is 2.77. The lowest BCUT2D eigenvalue weighted by Gasteiger charge is -2.26. The third kappa shape index (κ3) is 3.57. The summed E-state index contributed by atoms with van der Waals surface area (Å²) in [5.74, 6) is -0.157. The standard InChI is InChI=1S/C13H16N2O4S/c1-2-3-4-8-19-13(16)11-5-6-12-14-20(17,18)9-7-15(12)10-11/h3-6,10H,2,7-9H2,1H3/b4-3-. The maximum absolute atomic E-state index is 11.8. The van der Waals surface area contributed by atoms with Crippen LogP contribution >= 0.6 is 0 Å². The molecule has 0 fully saturated rings. The van der Waals surface area contributed by atoms with E-state index >= 15 is 0 Å². The van der Waals surface area contributed by atoms with Gasteiger partial charge in [-0.3, -0.25) is 0 Å². The Morgan fingerprint density at radius 3 is 3.00 bits per heavy atom. The number of ether oxygens (including phenoxy) is 1. The van der Waals surface area contributed by atoms with Gasteiger partial charge in [0, 0.05) is 12.7 Å². The van der Waals surface area contributed by atoms with Gasteiger partial charge >= 0.3 is 5.97 Å². The Morgan fingerprint density at radius 2 is 2.25 bits per heavy atom. The number of fused-ring (bicyclic) bond motifs is 1. The largest absolute Gasteiger partial charge is 0.458 e. The summed E-state index contributed by atoms with van der Waals surface area (Å²) in [5, 5.41) is 0. The molecule has 2 aliphatic rings. The van der Waals surface area contributed by atoms with E-state index in [4.69, 9.17) is 4.74 Å². The minimum Gasteiger partial charge on any atom is -0.458 e. The molecule has 0 bridgehead atoms. The van der Waals surface area contributed by atoms with Gasteiger partial charge in [0.25, 0.3) is 10.0 Å². The van der Waals surface area contributed by atoms with E-state index in [-0.39, 0.29) is 18.9 Å². The van der Waals surface area contributed by atoms with Crippen LogP contribution in [-0.4, -0.2) is 44.0 Å². The number of sulfonamides is 1. The van der Waals surface area contributed by atoms with Crippen molar-refractivity contribution in [1.29, 1.82) is 0 Å². The fourth-order valence-electron chi connectivity index (χ4n) is 1.76. The summed E-state index contributed by atoms with van der Waals surface area (Å²) in [6.45, 7) is 2.52. The van der Waals surface area contributed by atoms with E-state index in [2.05, 4.69) is 4.40 Å². The van der Waals surface area contributed by atoms with Crippen LogP contribution in [0.2, 0.25) is 0 Å². The molecule has 0 saturated heterocycles. The molecule has 2 aliphatic heterocycles. The predicted octanol–water partition coefficient (Wildman–Crippen LogP) is 0.993.